The molecule has 6 nitrogen and oxygen atoms in total. The Morgan fingerprint density at radius 3 is 2.58 bits per heavy atom. The number of carbonyl (C=O) groups excluding carboxylic acids is 1. The lowest BCUT2D eigenvalue weighted by atomic mass is 9.84. The van der Waals surface area contributed by atoms with Crippen molar-refractivity contribution in [3.8, 4) is 11.5 Å². The number of hydrogen-bond donors (Lipinski definition) is 1. The first-order chi connectivity index (χ1) is 12.4. The molecule has 142 valence electrons. The molecule has 3 unspecified atom stereocenters. The Labute approximate surface area is 154 Å². The van der Waals surface area contributed by atoms with Crippen molar-refractivity contribution >= 4 is 11.9 Å². The molecule has 3 atom stereocenters. The number of fused-ring (bicyclic) bond motifs is 1. The second-order valence-electron chi connectivity index (χ2n) is 7.45. The van der Waals surface area contributed by atoms with E-state index in [-0.39, 0.29) is 18.1 Å². The summed E-state index contributed by atoms with van der Waals surface area (Å²) in [4.78, 5) is 26.5. The summed E-state index contributed by atoms with van der Waals surface area (Å²) in [7, 11) is 1.53. The number of amides is 1. The normalized spacial score (nSPS) is 25.1. The number of carboxylic acid groups (broad SMARTS) is 1. The maximum Gasteiger partial charge on any atom is 0.326 e. The average Bonchev–Trinajstić information content (AvgIpc) is 3.00. The second kappa shape index (κ2) is 7.56. The average molecular weight is 361 g/mol. The van der Waals surface area contributed by atoms with E-state index in [0.29, 0.717) is 29.4 Å². The molecule has 0 spiro atoms. The first-order valence-corrected chi connectivity index (χ1v) is 9.32. The molecule has 1 amide bonds. The number of ether oxygens (including phenoxy) is 2. The van der Waals surface area contributed by atoms with Gasteiger partial charge in [-0.3, -0.25) is 4.79 Å². The molecule has 1 heterocycles. The van der Waals surface area contributed by atoms with E-state index in [1.807, 2.05) is 13.8 Å². The van der Waals surface area contributed by atoms with Crippen molar-refractivity contribution in [2.45, 2.75) is 64.1 Å². The van der Waals surface area contributed by atoms with Crippen LogP contribution in [0.4, 0.5) is 0 Å². The van der Waals surface area contributed by atoms with Gasteiger partial charge in [0, 0.05) is 11.6 Å². The van der Waals surface area contributed by atoms with E-state index < -0.39 is 12.0 Å². The summed E-state index contributed by atoms with van der Waals surface area (Å²) in [6.07, 6.45) is 4.58. The number of likely N-dealkylation sites (tertiary alicyclic amines) is 1. The zero-order valence-corrected chi connectivity index (χ0v) is 15.6. The highest BCUT2D eigenvalue weighted by Crippen LogP contribution is 2.41. The third-order valence-corrected chi connectivity index (χ3v) is 5.38. The van der Waals surface area contributed by atoms with E-state index in [2.05, 4.69) is 0 Å². The highest BCUT2D eigenvalue weighted by atomic mass is 16.5. The lowest BCUT2D eigenvalue weighted by Gasteiger charge is -2.33. The Balaban J connectivity index is 1.90. The van der Waals surface area contributed by atoms with Crippen LogP contribution in [0, 0.1) is 5.92 Å². The zero-order chi connectivity index (χ0) is 18.8. The highest BCUT2D eigenvalue weighted by molar-refractivity contribution is 5.98. The molecule has 1 aliphatic carbocycles. The second-order valence-corrected chi connectivity index (χ2v) is 7.45. The molecule has 1 saturated heterocycles. The van der Waals surface area contributed by atoms with Gasteiger partial charge < -0.3 is 19.5 Å². The summed E-state index contributed by atoms with van der Waals surface area (Å²) in [6, 6.07) is 4.34. The van der Waals surface area contributed by atoms with E-state index in [9.17, 15) is 14.7 Å². The van der Waals surface area contributed by atoms with Gasteiger partial charge in [-0.15, -0.1) is 0 Å². The van der Waals surface area contributed by atoms with Gasteiger partial charge in [-0.2, -0.15) is 0 Å². The fraction of sp³-hybridized carbons (Fsp3) is 0.600. The first kappa shape index (κ1) is 18.5. The van der Waals surface area contributed by atoms with Crippen molar-refractivity contribution in [2.75, 3.05) is 7.11 Å². The third kappa shape index (κ3) is 3.50. The van der Waals surface area contributed by atoms with E-state index in [4.69, 9.17) is 9.47 Å². The van der Waals surface area contributed by atoms with Gasteiger partial charge in [0.05, 0.1) is 13.2 Å². The van der Waals surface area contributed by atoms with E-state index in [1.54, 1.807) is 23.1 Å². The fourth-order valence-electron chi connectivity index (χ4n) is 4.27. The van der Waals surface area contributed by atoms with Crippen LogP contribution in [-0.2, 0) is 4.79 Å². The van der Waals surface area contributed by atoms with Crippen LogP contribution in [0.3, 0.4) is 0 Å². The van der Waals surface area contributed by atoms with E-state index in [1.165, 1.54) is 7.11 Å². The van der Waals surface area contributed by atoms with Gasteiger partial charge in [-0.25, -0.2) is 4.79 Å². The molecule has 1 aromatic rings. The predicted molar refractivity (Wildman–Crippen MR) is 96.7 cm³/mol. The first-order valence-electron chi connectivity index (χ1n) is 9.32. The Bertz CT molecular complexity index is 687. The minimum Gasteiger partial charge on any atom is -0.493 e. The lowest BCUT2D eigenvalue weighted by Crippen LogP contribution is -2.46. The Morgan fingerprint density at radius 1 is 1.19 bits per heavy atom. The third-order valence-electron chi connectivity index (χ3n) is 5.38. The van der Waals surface area contributed by atoms with Crippen LogP contribution in [-0.4, -0.2) is 47.2 Å². The van der Waals surface area contributed by atoms with E-state index >= 15 is 0 Å². The van der Waals surface area contributed by atoms with Gasteiger partial charge in [0.1, 0.15) is 6.04 Å². The summed E-state index contributed by atoms with van der Waals surface area (Å²) < 4.78 is 11.1. The molecule has 3 rings (SSSR count). The standard InChI is InChI=1S/C20H27NO5/c1-12(2)26-17-9-8-14(11-18(17)25-3)19(22)21-15-7-5-4-6-13(15)10-16(21)20(23)24/h8-9,11-13,15-16H,4-7,10H2,1-3H3,(H,23,24). The maximum atomic E-state index is 13.2. The van der Waals surface area contributed by atoms with Gasteiger partial charge in [0.15, 0.2) is 11.5 Å². The monoisotopic (exact) mass is 361 g/mol. The smallest absolute Gasteiger partial charge is 0.326 e. The maximum absolute atomic E-state index is 13.2. The molecule has 1 aromatic carbocycles. The largest absolute Gasteiger partial charge is 0.493 e. The molecular formula is C20H27NO5. The number of nitrogens with zero attached hydrogens (tertiary/aromatic N) is 1. The molecule has 26 heavy (non-hydrogen) atoms. The predicted octanol–water partition coefficient (Wildman–Crippen LogP) is 3.34. The Kier molecular flexibility index (Phi) is 5.39. The molecule has 0 radical (unpaired) electrons. The van der Waals surface area contributed by atoms with Crippen LogP contribution in [0.2, 0.25) is 0 Å². The van der Waals surface area contributed by atoms with Crippen LogP contribution in [0.25, 0.3) is 0 Å². The van der Waals surface area contributed by atoms with Crippen molar-refractivity contribution in [2.24, 2.45) is 5.92 Å². The fourth-order valence-corrected chi connectivity index (χ4v) is 4.27. The van der Waals surface area contributed by atoms with Gasteiger partial charge in [0.2, 0.25) is 0 Å². The summed E-state index contributed by atoms with van der Waals surface area (Å²) in [5.74, 6) is 0.196. The van der Waals surface area contributed by atoms with Crippen molar-refractivity contribution in [1.82, 2.24) is 4.90 Å². The molecule has 0 aromatic heterocycles. The molecule has 1 N–H and O–H groups in total. The molecule has 2 aliphatic rings. The number of aliphatic carboxylic acids is 1. The molecule has 0 bridgehead atoms. The topological polar surface area (TPSA) is 76.1 Å². The molecule has 6 heteroatoms. The van der Waals surface area contributed by atoms with Gasteiger partial charge >= 0.3 is 5.97 Å². The molecular weight excluding hydrogens is 334 g/mol. The highest BCUT2D eigenvalue weighted by Gasteiger charge is 2.47. The molecule has 1 aliphatic heterocycles. The quantitative estimate of drug-likeness (QED) is 0.870. The van der Waals surface area contributed by atoms with Crippen molar-refractivity contribution in [1.29, 1.82) is 0 Å². The summed E-state index contributed by atoms with van der Waals surface area (Å²) in [6.45, 7) is 3.84. The molecule has 1 saturated carbocycles. The van der Waals surface area contributed by atoms with Crippen LogP contribution < -0.4 is 9.47 Å². The van der Waals surface area contributed by atoms with E-state index in [0.717, 1.165) is 25.7 Å². The summed E-state index contributed by atoms with van der Waals surface area (Å²) in [5.41, 5.74) is 0.440. The number of benzene rings is 1. The minimum atomic E-state index is -0.917. The molecule has 2 fully saturated rings. The minimum absolute atomic E-state index is 0.0107. The lowest BCUT2D eigenvalue weighted by molar-refractivity contribution is -0.141. The summed E-state index contributed by atoms with van der Waals surface area (Å²) >= 11 is 0. The zero-order valence-electron chi connectivity index (χ0n) is 15.6. The van der Waals surface area contributed by atoms with Crippen molar-refractivity contribution in [3.05, 3.63) is 23.8 Å². The van der Waals surface area contributed by atoms with Crippen LogP contribution in [0.1, 0.15) is 56.3 Å². The Hall–Kier alpha value is -2.24. The number of methoxy groups -OCH3 is 1. The van der Waals surface area contributed by atoms with Gasteiger partial charge in [-0.05, 0) is 57.2 Å². The van der Waals surface area contributed by atoms with Gasteiger partial charge in [0.25, 0.3) is 5.91 Å². The Morgan fingerprint density at radius 2 is 1.92 bits per heavy atom. The summed E-state index contributed by atoms with van der Waals surface area (Å²) in [5, 5.41) is 9.63. The van der Waals surface area contributed by atoms with Crippen LogP contribution in [0.5, 0.6) is 11.5 Å². The van der Waals surface area contributed by atoms with Crippen molar-refractivity contribution < 1.29 is 24.2 Å². The SMILES string of the molecule is COc1cc(C(=O)N2C(C(=O)O)CC3CCCCC32)ccc1OC(C)C. The number of rotatable bonds is 5. The van der Waals surface area contributed by atoms with Crippen molar-refractivity contribution in [3.63, 3.8) is 0 Å². The van der Waals surface area contributed by atoms with Gasteiger partial charge in [-0.1, -0.05) is 12.8 Å². The number of hydrogen-bond acceptors (Lipinski definition) is 4. The number of carbonyl (C=O) groups is 2. The number of carboxylic acids is 1. The van der Waals surface area contributed by atoms with Crippen LogP contribution >= 0.6 is 0 Å². The van der Waals surface area contributed by atoms with Crippen LogP contribution in [0.15, 0.2) is 18.2 Å².